The van der Waals surface area contributed by atoms with Gasteiger partial charge in [-0.2, -0.15) is 10.4 Å². The molecule has 0 spiro atoms. The smallest absolute Gasteiger partial charge is 0.323 e. The van der Waals surface area contributed by atoms with E-state index in [2.05, 4.69) is 31.8 Å². The summed E-state index contributed by atoms with van der Waals surface area (Å²) < 4.78 is 1.75. The first-order valence-corrected chi connectivity index (χ1v) is 15.2. The van der Waals surface area contributed by atoms with Gasteiger partial charge in [0.2, 0.25) is 5.95 Å². The molecular formula is C34H32ClN9O. The van der Waals surface area contributed by atoms with Crippen LogP contribution in [-0.2, 0) is 13.6 Å². The summed E-state index contributed by atoms with van der Waals surface area (Å²) in [7, 11) is 1.88. The summed E-state index contributed by atoms with van der Waals surface area (Å²) in [5.74, 6) is 1.07. The topological polar surface area (TPSA) is 125 Å². The molecule has 0 atom stereocenters. The molecular weight excluding hydrogens is 586 g/mol. The van der Waals surface area contributed by atoms with Gasteiger partial charge in [-0.3, -0.25) is 9.58 Å². The lowest BCUT2D eigenvalue weighted by Crippen LogP contribution is -2.49. The summed E-state index contributed by atoms with van der Waals surface area (Å²) in [5, 5.41) is 21.0. The number of aromatic nitrogens is 5. The minimum atomic E-state index is -0.181. The molecule has 1 aliphatic rings. The first kappa shape index (κ1) is 29.8. The van der Waals surface area contributed by atoms with Crippen molar-refractivity contribution >= 4 is 29.4 Å². The zero-order valence-electron chi connectivity index (χ0n) is 24.8. The molecule has 2 aromatic carbocycles. The SMILES string of the molecule is Cn1cc(-c2ccc(N(C(=O)NCc3ccccc3)[C@H]3CC[C@H](Nc4ncc(C#N)c(-c5ccc(Cl)cc5)n4)CC3)nc2)cn1. The Morgan fingerprint density at radius 1 is 0.956 bits per heavy atom. The van der Waals surface area contributed by atoms with Crippen LogP contribution in [0.25, 0.3) is 22.4 Å². The van der Waals surface area contributed by atoms with Crippen molar-refractivity contribution in [1.82, 2.24) is 30.0 Å². The Morgan fingerprint density at radius 2 is 1.71 bits per heavy atom. The van der Waals surface area contributed by atoms with Crippen LogP contribution in [0.4, 0.5) is 16.6 Å². The van der Waals surface area contributed by atoms with Crippen molar-refractivity contribution in [2.24, 2.45) is 7.05 Å². The molecule has 3 aromatic heterocycles. The van der Waals surface area contributed by atoms with Crippen LogP contribution in [0.5, 0.6) is 0 Å². The molecule has 3 heterocycles. The fourth-order valence-corrected chi connectivity index (χ4v) is 5.73. The number of carbonyl (C=O) groups excluding carboxylic acids is 1. The van der Waals surface area contributed by atoms with Gasteiger partial charge in [-0.15, -0.1) is 0 Å². The molecule has 2 amide bonds. The van der Waals surface area contributed by atoms with Crippen molar-refractivity contribution in [1.29, 1.82) is 5.26 Å². The number of hydrogen-bond donors (Lipinski definition) is 2. The average Bonchev–Trinajstić information content (AvgIpc) is 3.52. The number of pyridine rings is 1. The first-order valence-electron chi connectivity index (χ1n) is 14.8. The highest BCUT2D eigenvalue weighted by Crippen LogP contribution is 2.30. The zero-order chi connectivity index (χ0) is 31.2. The van der Waals surface area contributed by atoms with Crippen molar-refractivity contribution in [3.63, 3.8) is 0 Å². The van der Waals surface area contributed by atoms with Crippen LogP contribution >= 0.6 is 11.6 Å². The summed E-state index contributed by atoms with van der Waals surface area (Å²) >= 11 is 6.06. The summed E-state index contributed by atoms with van der Waals surface area (Å²) in [6, 6.07) is 23.0. The highest BCUT2D eigenvalue weighted by Gasteiger charge is 2.31. The fraction of sp³-hybridized carbons (Fsp3) is 0.235. The minimum Gasteiger partial charge on any atom is -0.351 e. The maximum absolute atomic E-state index is 13.7. The van der Waals surface area contributed by atoms with Gasteiger partial charge in [0.1, 0.15) is 11.9 Å². The number of benzene rings is 2. The van der Waals surface area contributed by atoms with Crippen molar-refractivity contribution in [2.45, 2.75) is 44.3 Å². The molecule has 226 valence electrons. The second kappa shape index (κ2) is 13.6. The van der Waals surface area contributed by atoms with E-state index in [9.17, 15) is 10.1 Å². The molecule has 0 unspecified atom stereocenters. The van der Waals surface area contributed by atoms with E-state index in [1.807, 2.05) is 67.8 Å². The summed E-state index contributed by atoms with van der Waals surface area (Å²) in [4.78, 5) is 29.3. The van der Waals surface area contributed by atoms with E-state index >= 15 is 0 Å². The van der Waals surface area contributed by atoms with Gasteiger partial charge in [-0.1, -0.05) is 54.1 Å². The average molecular weight is 618 g/mol. The number of aryl methyl sites for hydroxylation is 1. The molecule has 0 saturated heterocycles. The van der Waals surface area contributed by atoms with Crippen LogP contribution in [-0.4, -0.2) is 42.8 Å². The minimum absolute atomic E-state index is 0.0397. The number of nitrogens with zero attached hydrogens (tertiary/aromatic N) is 7. The molecule has 5 aromatic rings. The van der Waals surface area contributed by atoms with Gasteiger partial charge in [0.15, 0.2) is 0 Å². The molecule has 10 nitrogen and oxygen atoms in total. The van der Waals surface area contributed by atoms with Gasteiger partial charge in [0.05, 0.1) is 23.7 Å². The van der Waals surface area contributed by atoms with E-state index in [-0.39, 0.29) is 18.1 Å². The molecule has 1 saturated carbocycles. The van der Waals surface area contributed by atoms with Gasteiger partial charge in [0, 0.05) is 59.8 Å². The Labute approximate surface area is 266 Å². The third-order valence-corrected chi connectivity index (χ3v) is 8.21. The highest BCUT2D eigenvalue weighted by atomic mass is 35.5. The van der Waals surface area contributed by atoms with Crippen molar-refractivity contribution in [3.05, 3.63) is 108 Å². The lowest BCUT2D eigenvalue weighted by Gasteiger charge is -2.36. The van der Waals surface area contributed by atoms with Gasteiger partial charge >= 0.3 is 6.03 Å². The molecule has 6 rings (SSSR count). The molecule has 1 aliphatic carbocycles. The molecule has 2 N–H and O–H groups in total. The number of amides is 2. The molecule has 11 heteroatoms. The summed E-state index contributed by atoms with van der Waals surface area (Å²) in [6.45, 7) is 0.423. The third-order valence-electron chi connectivity index (χ3n) is 7.96. The normalized spacial score (nSPS) is 16.0. The molecule has 45 heavy (non-hydrogen) atoms. The van der Waals surface area contributed by atoms with Crippen molar-refractivity contribution in [2.75, 3.05) is 10.2 Å². The van der Waals surface area contributed by atoms with E-state index in [1.165, 1.54) is 0 Å². The molecule has 0 bridgehead atoms. The predicted octanol–water partition coefficient (Wildman–Crippen LogP) is 6.60. The second-order valence-corrected chi connectivity index (χ2v) is 11.5. The second-order valence-electron chi connectivity index (χ2n) is 11.0. The summed E-state index contributed by atoms with van der Waals surface area (Å²) in [5.41, 5.74) is 4.67. The van der Waals surface area contributed by atoms with Gasteiger partial charge < -0.3 is 10.6 Å². The van der Waals surface area contributed by atoms with E-state index in [0.717, 1.165) is 47.9 Å². The quantitative estimate of drug-likeness (QED) is 0.201. The maximum atomic E-state index is 13.7. The number of halogens is 1. The van der Waals surface area contributed by atoms with Crippen molar-refractivity contribution < 1.29 is 4.79 Å². The Hall–Kier alpha value is -5.27. The number of hydrogen-bond acceptors (Lipinski definition) is 7. The Balaban J connectivity index is 1.17. The number of nitrogens with one attached hydrogen (secondary N) is 2. The number of nitriles is 1. The fourth-order valence-electron chi connectivity index (χ4n) is 5.61. The van der Waals surface area contributed by atoms with Crippen LogP contribution in [0.3, 0.4) is 0 Å². The van der Waals surface area contributed by atoms with E-state index in [1.54, 1.807) is 40.3 Å². The lowest BCUT2D eigenvalue weighted by molar-refractivity contribution is 0.240. The van der Waals surface area contributed by atoms with Crippen LogP contribution in [0, 0.1) is 11.3 Å². The van der Waals surface area contributed by atoms with E-state index in [0.29, 0.717) is 34.6 Å². The Morgan fingerprint density at radius 3 is 2.38 bits per heavy atom. The van der Waals surface area contributed by atoms with Crippen LogP contribution in [0.1, 0.15) is 36.8 Å². The highest BCUT2D eigenvalue weighted by molar-refractivity contribution is 6.30. The summed E-state index contributed by atoms with van der Waals surface area (Å²) in [6.07, 6.45) is 10.2. The Kier molecular flexibility index (Phi) is 8.99. The zero-order valence-corrected chi connectivity index (χ0v) is 25.5. The number of carbonyl (C=O) groups is 1. The Bertz CT molecular complexity index is 1790. The lowest BCUT2D eigenvalue weighted by atomic mass is 9.90. The number of anilines is 2. The first-order chi connectivity index (χ1) is 22.0. The molecule has 0 radical (unpaired) electrons. The third kappa shape index (κ3) is 7.11. The maximum Gasteiger partial charge on any atom is 0.323 e. The predicted molar refractivity (Wildman–Crippen MR) is 174 cm³/mol. The molecule has 1 fully saturated rings. The van der Waals surface area contributed by atoms with Crippen LogP contribution in [0.2, 0.25) is 5.02 Å². The van der Waals surface area contributed by atoms with Gasteiger partial charge in [0.25, 0.3) is 0 Å². The van der Waals surface area contributed by atoms with E-state index in [4.69, 9.17) is 16.6 Å². The largest absolute Gasteiger partial charge is 0.351 e. The van der Waals surface area contributed by atoms with Gasteiger partial charge in [-0.25, -0.2) is 19.7 Å². The number of urea groups is 1. The number of rotatable bonds is 8. The van der Waals surface area contributed by atoms with Crippen molar-refractivity contribution in [3.8, 4) is 28.5 Å². The van der Waals surface area contributed by atoms with Gasteiger partial charge in [-0.05, 0) is 55.5 Å². The van der Waals surface area contributed by atoms with Crippen LogP contribution in [0.15, 0.2) is 91.5 Å². The standard InChI is InChI=1S/C34H32ClN9O/c1-43-22-27(21-40-43)25-9-16-31(37-19-25)44(34(45)39-18-23-5-3-2-4-6-23)30-14-12-29(13-15-30)41-33-38-20-26(17-36)32(42-33)24-7-10-28(35)11-8-24/h2-11,16,19-22,29-30H,12-15,18H2,1H3,(H,39,45)(H,38,41,42)/t29-,30-. The monoisotopic (exact) mass is 617 g/mol. The molecule has 0 aliphatic heterocycles. The van der Waals surface area contributed by atoms with Crippen LogP contribution < -0.4 is 15.5 Å². The van der Waals surface area contributed by atoms with E-state index < -0.39 is 0 Å².